The summed E-state index contributed by atoms with van der Waals surface area (Å²) in [5.41, 5.74) is 2.89. The smallest absolute Gasteiger partial charge is 0.269 e. The van der Waals surface area contributed by atoms with Crippen LogP contribution in [0.15, 0.2) is 36.4 Å². The Kier molecular flexibility index (Phi) is 3.53. The lowest BCUT2D eigenvalue weighted by atomic mass is 10.1. The van der Waals surface area contributed by atoms with Gasteiger partial charge in [-0.1, -0.05) is 44.2 Å². The molecule has 0 unspecified atom stereocenters. The number of hydrogen-bond donors (Lipinski definition) is 1. The number of carbonyl (C=O) groups excluding carboxylic acids is 1. The first-order chi connectivity index (χ1) is 10.1. The van der Waals surface area contributed by atoms with Crippen LogP contribution in [-0.4, -0.2) is 21.7 Å². The van der Waals surface area contributed by atoms with E-state index in [0.717, 1.165) is 12.1 Å². The minimum atomic E-state index is -0.0275. The predicted octanol–water partition coefficient (Wildman–Crippen LogP) is 2.83. The summed E-state index contributed by atoms with van der Waals surface area (Å²) in [6, 6.07) is 12.5. The summed E-state index contributed by atoms with van der Waals surface area (Å²) in [5, 5.41) is 7.50. The van der Waals surface area contributed by atoms with Gasteiger partial charge in [-0.2, -0.15) is 5.10 Å². The van der Waals surface area contributed by atoms with E-state index in [1.54, 1.807) is 4.68 Å². The summed E-state index contributed by atoms with van der Waals surface area (Å²) in [6.45, 7) is 4.16. The molecule has 0 bridgehead atoms. The maximum Gasteiger partial charge on any atom is 0.269 e. The molecule has 1 aromatic carbocycles. The quantitative estimate of drug-likeness (QED) is 0.938. The van der Waals surface area contributed by atoms with E-state index in [2.05, 4.69) is 36.4 Å². The third kappa shape index (κ3) is 2.84. The highest BCUT2D eigenvalue weighted by Gasteiger charge is 2.39. The number of aryl methyl sites for hydroxylation is 1. The molecule has 2 aromatic rings. The Morgan fingerprint density at radius 2 is 2.05 bits per heavy atom. The molecule has 0 aliphatic heterocycles. The molecule has 4 heteroatoms. The molecule has 0 radical (unpaired) electrons. The van der Waals surface area contributed by atoms with Crippen molar-refractivity contribution in [1.29, 1.82) is 0 Å². The van der Waals surface area contributed by atoms with Crippen molar-refractivity contribution in [3.05, 3.63) is 53.3 Å². The Balaban J connectivity index is 1.66. The second-order valence-corrected chi connectivity index (χ2v) is 6.07. The van der Waals surface area contributed by atoms with E-state index in [1.165, 1.54) is 5.56 Å². The van der Waals surface area contributed by atoms with E-state index in [-0.39, 0.29) is 11.9 Å². The first-order valence-electron chi connectivity index (χ1n) is 7.46. The number of nitrogens with one attached hydrogen (secondary N) is 1. The van der Waals surface area contributed by atoms with Crippen LogP contribution in [0.25, 0.3) is 0 Å². The first kappa shape index (κ1) is 13.9. The molecular weight excluding hydrogens is 262 g/mol. The molecule has 3 rings (SSSR count). The lowest BCUT2D eigenvalue weighted by Gasteiger charge is -2.05. The monoisotopic (exact) mass is 283 g/mol. The van der Waals surface area contributed by atoms with Crippen molar-refractivity contribution in [2.24, 2.45) is 7.05 Å². The van der Waals surface area contributed by atoms with Gasteiger partial charge in [0.15, 0.2) is 0 Å². The fraction of sp³-hybridized carbons (Fsp3) is 0.412. The molecule has 0 spiro atoms. The topological polar surface area (TPSA) is 46.9 Å². The van der Waals surface area contributed by atoms with E-state index in [4.69, 9.17) is 0 Å². The van der Waals surface area contributed by atoms with Crippen molar-refractivity contribution in [2.45, 2.75) is 38.1 Å². The second kappa shape index (κ2) is 5.35. The van der Waals surface area contributed by atoms with Crippen molar-refractivity contribution >= 4 is 5.91 Å². The van der Waals surface area contributed by atoms with Crippen molar-refractivity contribution < 1.29 is 4.79 Å². The summed E-state index contributed by atoms with van der Waals surface area (Å²) in [5.74, 6) is 0.754. The van der Waals surface area contributed by atoms with Crippen LogP contribution in [-0.2, 0) is 7.05 Å². The largest absolute Gasteiger partial charge is 0.347 e. The van der Waals surface area contributed by atoms with Gasteiger partial charge in [-0.15, -0.1) is 0 Å². The number of hydrogen-bond acceptors (Lipinski definition) is 2. The maximum atomic E-state index is 12.4. The highest BCUT2D eigenvalue weighted by molar-refractivity contribution is 5.93. The van der Waals surface area contributed by atoms with E-state index in [0.29, 0.717) is 17.5 Å². The Hall–Kier alpha value is -2.10. The van der Waals surface area contributed by atoms with Crippen LogP contribution < -0.4 is 5.32 Å². The standard InChI is InChI=1S/C17H21N3O/c1-11(2)14-10-16(20(3)19-14)17(21)18-15-9-13(15)12-7-5-4-6-8-12/h4-8,10-11,13,15H,9H2,1-3H3,(H,18,21)/t13-,15+/m0/s1. The van der Waals surface area contributed by atoms with Crippen molar-refractivity contribution in [1.82, 2.24) is 15.1 Å². The molecule has 21 heavy (non-hydrogen) atoms. The molecule has 110 valence electrons. The molecule has 1 amide bonds. The summed E-state index contributed by atoms with van der Waals surface area (Å²) >= 11 is 0. The van der Waals surface area contributed by atoms with E-state index < -0.39 is 0 Å². The van der Waals surface area contributed by atoms with Crippen LogP contribution in [0.1, 0.15) is 53.8 Å². The number of benzene rings is 1. The van der Waals surface area contributed by atoms with Crippen LogP contribution in [0.4, 0.5) is 0 Å². The zero-order valence-corrected chi connectivity index (χ0v) is 12.7. The minimum absolute atomic E-state index is 0.0275. The van der Waals surface area contributed by atoms with E-state index in [1.807, 2.05) is 31.3 Å². The molecule has 2 atom stereocenters. The van der Waals surface area contributed by atoms with Gasteiger partial charge >= 0.3 is 0 Å². The number of carbonyl (C=O) groups is 1. The lowest BCUT2D eigenvalue weighted by molar-refractivity contribution is 0.0941. The number of nitrogens with zero attached hydrogens (tertiary/aromatic N) is 2. The van der Waals surface area contributed by atoms with Gasteiger partial charge in [0.05, 0.1) is 5.69 Å². The fourth-order valence-electron chi connectivity index (χ4n) is 2.65. The van der Waals surface area contributed by atoms with Crippen LogP contribution in [0, 0.1) is 0 Å². The molecule has 1 aliphatic carbocycles. The lowest BCUT2D eigenvalue weighted by Crippen LogP contribution is -2.28. The molecular formula is C17H21N3O. The van der Waals surface area contributed by atoms with Gasteiger partial charge in [0, 0.05) is 19.0 Å². The molecule has 0 saturated heterocycles. The molecule has 1 saturated carbocycles. The van der Waals surface area contributed by atoms with Gasteiger partial charge in [-0.05, 0) is 24.0 Å². The highest BCUT2D eigenvalue weighted by atomic mass is 16.2. The van der Waals surface area contributed by atoms with Crippen molar-refractivity contribution in [2.75, 3.05) is 0 Å². The van der Waals surface area contributed by atoms with Crippen LogP contribution in [0.5, 0.6) is 0 Å². The van der Waals surface area contributed by atoms with Crippen molar-refractivity contribution in [3.63, 3.8) is 0 Å². The normalized spacial score (nSPS) is 20.6. The summed E-state index contributed by atoms with van der Waals surface area (Å²) < 4.78 is 1.67. The average molecular weight is 283 g/mol. The second-order valence-electron chi connectivity index (χ2n) is 6.07. The van der Waals surface area contributed by atoms with Crippen LogP contribution in [0.3, 0.4) is 0 Å². The number of amides is 1. The number of aromatic nitrogens is 2. The molecule has 1 N–H and O–H groups in total. The highest BCUT2D eigenvalue weighted by Crippen LogP contribution is 2.40. The van der Waals surface area contributed by atoms with Gasteiger partial charge in [0.25, 0.3) is 5.91 Å². The Bertz CT molecular complexity index is 645. The average Bonchev–Trinajstić information content (AvgIpc) is 3.11. The van der Waals surface area contributed by atoms with Gasteiger partial charge in [0.2, 0.25) is 0 Å². The van der Waals surface area contributed by atoms with Gasteiger partial charge < -0.3 is 5.32 Å². The van der Waals surface area contributed by atoms with Gasteiger partial charge in [-0.3, -0.25) is 9.48 Å². The SMILES string of the molecule is CC(C)c1cc(C(=O)N[C@@H]2C[C@H]2c2ccccc2)n(C)n1. The predicted molar refractivity (Wildman–Crippen MR) is 82.4 cm³/mol. The molecule has 1 aromatic heterocycles. The molecule has 1 fully saturated rings. The van der Waals surface area contributed by atoms with Crippen molar-refractivity contribution in [3.8, 4) is 0 Å². The van der Waals surface area contributed by atoms with E-state index >= 15 is 0 Å². The summed E-state index contributed by atoms with van der Waals surface area (Å²) in [7, 11) is 1.82. The third-order valence-corrected chi connectivity index (χ3v) is 4.06. The molecule has 1 heterocycles. The molecule has 4 nitrogen and oxygen atoms in total. The first-order valence-corrected chi connectivity index (χ1v) is 7.46. The summed E-state index contributed by atoms with van der Waals surface area (Å²) in [4.78, 5) is 12.4. The third-order valence-electron chi connectivity index (χ3n) is 4.06. The Morgan fingerprint density at radius 1 is 1.33 bits per heavy atom. The summed E-state index contributed by atoms with van der Waals surface area (Å²) in [6.07, 6.45) is 1.02. The molecule has 1 aliphatic rings. The van der Waals surface area contributed by atoms with Gasteiger partial charge in [0.1, 0.15) is 5.69 Å². The fourth-order valence-corrected chi connectivity index (χ4v) is 2.65. The minimum Gasteiger partial charge on any atom is -0.347 e. The zero-order chi connectivity index (χ0) is 15.0. The zero-order valence-electron chi connectivity index (χ0n) is 12.7. The maximum absolute atomic E-state index is 12.4. The van der Waals surface area contributed by atoms with E-state index in [9.17, 15) is 4.79 Å². The number of rotatable bonds is 4. The van der Waals surface area contributed by atoms with Gasteiger partial charge in [-0.25, -0.2) is 0 Å². The Labute approximate surface area is 125 Å². The van der Waals surface area contributed by atoms with Crippen LogP contribution >= 0.6 is 0 Å². The van der Waals surface area contributed by atoms with Crippen LogP contribution in [0.2, 0.25) is 0 Å². The Morgan fingerprint density at radius 3 is 2.67 bits per heavy atom.